The minimum absolute atomic E-state index is 0.167. The van der Waals surface area contributed by atoms with E-state index < -0.39 is 10.0 Å². The monoisotopic (exact) mass is 524 g/mol. The summed E-state index contributed by atoms with van der Waals surface area (Å²) >= 11 is 0. The largest absolute Gasteiger partial charge is 0.490 e. The molecule has 1 heterocycles. The Labute approximate surface area is 218 Å². The molecule has 196 valence electrons. The molecule has 0 radical (unpaired) electrons. The van der Waals surface area contributed by atoms with E-state index in [1.165, 1.54) is 16.4 Å². The first kappa shape index (κ1) is 26.3. The molecule has 3 aromatic rings. The number of fused-ring (bicyclic) bond motifs is 1. The van der Waals surface area contributed by atoms with Crippen molar-refractivity contribution in [1.29, 1.82) is 0 Å². The van der Waals surface area contributed by atoms with Crippen molar-refractivity contribution in [2.75, 3.05) is 36.0 Å². The molecule has 0 spiro atoms. The summed E-state index contributed by atoms with van der Waals surface area (Å²) in [6.07, 6.45) is 1.62. The quantitative estimate of drug-likeness (QED) is 0.388. The van der Waals surface area contributed by atoms with Crippen LogP contribution in [0.4, 0.5) is 11.4 Å². The summed E-state index contributed by atoms with van der Waals surface area (Å²) in [4.78, 5) is 13.2. The molecule has 4 rings (SSSR count). The van der Waals surface area contributed by atoms with E-state index in [2.05, 4.69) is 5.32 Å². The van der Waals surface area contributed by atoms with Gasteiger partial charge in [0.25, 0.3) is 15.9 Å². The Bertz CT molecular complexity index is 1330. The number of aryl methyl sites for hydroxylation is 1. The van der Waals surface area contributed by atoms with E-state index in [0.29, 0.717) is 54.9 Å². The van der Waals surface area contributed by atoms with Gasteiger partial charge in [-0.25, -0.2) is 8.42 Å². The van der Waals surface area contributed by atoms with E-state index in [1.807, 2.05) is 45.0 Å². The van der Waals surface area contributed by atoms with Crippen LogP contribution in [-0.4, -0.2) is 40.7 Å². The number of benzene rings is 3. The first-order valence-corrected chi connectivity index (χ1v) is 13.9. The first-order chi connectivity index (χ1) is 17.9. The summed E-state index contributed by atoms with van der Waals surface area (Å²) in [6.45, 7) is 7.20. The van der Waals surface area contributed by atoms with Gasteiger partial charge < -0.3 is 19.5 Å². The van der Waals surface area contributed by atoms with E-state index >= 15 is 0 Å². The molecule has 1 N–H and O–H groups in total. The lowest BCUT2D eigenvalue weighted by Crippen LogP contribution is -2.35. The van der Waals surface area contributed by atoms with Crippen molar-refractivity contribution in [1.82, 2.24) is 0 Å². The molecule has 1 aliphatic heterocycles. The van der Waals surface area contributed by atoms with E-state index in [0.717, 1.165) is 24.1 Å². The molecule has 0 aliphatic carbocycles. The lowest BCUT2D eigenvalue weighted by Gasteiger charge is -2.30. The first-order valence-electron chi connectivity index (χ1n) is 12.5. The zero-order chi connectivity index (χ0) is 26.4. The Hall–Kier alpha value is -3.72. The molecule has 8 nitrogen and oxygen atoms in total. The van der Waals surface area contributed by atoms with E-state index in [-0.39, 0.29) is 10.8 Å². The van der Waals surface area contributed by atoms with Crippen molar-refractivity contribution in [2.45, 2.75) is 38.5 Å². The minimum atomic E-state index is -3.73. The summed E-state index contributed by atoms with van der Waals surface area (Å²) in [7, 11) is -3.73. The van der Waals surface area contributed by atoms with Gasteiger partial charge in [-0.3, -0.25) is 9.10 Å². The van der Waals surface area contributed by atoms with Crippen LogP contribution >= 0.6 is 0 Å². The van der Waals surface area contributed by atoms with Crippen LogP contribution in [0.25, 0.3) is 0 Å². The fourth-order valence-electron chi connectivity index (χ4n) is 4.31. The molecule has 0 unspecified atom stereocenters. The number of nitrogens with one attached hydrogen (secondary N) is 1. The number of sulfonamides is 1. The number of nitrogens with zero attached hydrogens (tertiary/aromatic N) is 1. The molecule has 1 aliphatic rings. The highest BCUT2D eigenvalue weighted by Gasteiger charge is 2.29. The lowest BCUT2D eigenvalue weighted by atomic mass is 10.0. The predicted molar refractivity (Wildman–Crippen MR) is 144 cm³/mol. The second-order valence-electron chi connectivity index (χ2n) is 8.39. The standard InChI is InChI=1S/C28H32N2O6S/c1-4-34-25-18-21(19-26(35-5-2)27(25)36-6-3)28(31)29-22-13-15-23(16-14-22)37(32,33)30-17-9-11-20-10-7-8-12-24(20)30/h7-8,10,12-16,18-19H,4-6,9,11,17H2,1-3H3,(H,29,31). The zero-order valence-electron chi connectivity index (χ0n) is 21.3. The highest BCUT2D eigenvalue weighted by molar-refractivity contribution is 7.92. The number of ether oxygens (including phenoxy) is 3. The van der Waals surface area contributed by atoms with Crippen LogP contribution in [0.1, 0.15) is 43.1 Å². The molecule has 9 heteroatoms. The topological polar surface area (TPSA) is 94.2 Å². The van der Waals surface area contributed by atoms with Gasteiger partial charge in [-0.1, -0.05) is 18.2 Å². The summed E-state index contributed by atoms with van der Waals surface area (Å²) < 4.78 is 45.3. The molecular formula is C28H32N2O6S. The molecule has 1 amide bonds. The van der Waals surface area contributed by atoms with Crippen molar-refractivity contribution in [3.8, 4) is 17.2 Å². The third-order valence-electron chi connectivity index (χ3n) is 5.94. The van der Waals surface area contributed by atoms with Crippen molar-refractivity contribution >= 4 is 27.3 Å². The van der Waals surface area contributed by atoms with Crippen LogP contribution in [0.2, 0.25) is 0 Å². The Morgan fingerprint density at radius 3 is 2.14 bits per heavy atom. The van der Waals surface area contributed by atoms with E-state index in [9.17, 15) is 13.2 Å². The fourth-order valence-corrected chi connectivity index (χ4v) is 5.85. The number of carbonyl (C=O) groups is 1. The Balaban J connectivity index is 1.56. The third-order valence-corrected chi connectivity index (χ3v) is 7.77. The Kier molecular flexibility index (Phi) is 8.23. The van der Waals surface area contributed by atoms with Crippen molar-refractivity contribution < 1.29 is 27.4 Å². The summed E-state index contributed by atoms with van der Waals surface area (Å²) in [5, 5.41) is 2.82. The van der Waals surface area contributed by atoms with Crippen molar-refractivity contribution in [2.24, 2.45) is 0 Å². The average Bonchev–Trinajstić information content (AvgIpc) is 2.90. The molecule has 0 fully saturated rings. The smallest absolute Gasteiger partial charge is 0.264 e. The van der Waals surface area contributed by atoms with Gasteiger partial charge in [0.2, 0.25) is 5.75 Å². The van der Waals surface area contributed by atoms with Gasteiger partial charge in [0, 0.05) is 17.8 Å². The second-order valence-corrected chi connectivity index (χ2v) is 10.3. The summed E-state index contributed by atoms with van der Waals surface area (Å²) in [5.41, 5.74) is 2.54. The Morgan fingerprint density at radius 2 is 1.51 bits per heavy atom. The molecule has 3 aromatic carbocycles. The molecule has 37 heavy (non-hydrogen) atoms. The summed E-state index contributed by atoms with van der Waals surface area (Å²) in [5.74, 6) is 0.912. The zero-order valence-corrected chi connectivity index (χ0v) is 22.1. The van der Waals surface area contributed by atoms with Crippen LogP contribution in [0.3, 0.4) is 0 Å². The molecule has 0 atom stereocenters. The van der Waals surface area contributed by atoms with Crippen LogP contribution in [0.15, 0.2) is 65.6 Å². The molecule has 0 saturated heterocycles. The maximum atomic E-state index is 13.4. The van der Waals surface area contributed by atoms with Gasteiger partial charge >= 0.3 is 0 Å². The average molecular weight is 525 g/mol. The van der Waals surface area contributed by atoms with Crippen LogP contribution < -0.4 is 23.8 Å². The van der Waals surface area contributed by atoms with Crippen LogP contribution in [0.5, 0.6) is 17.2 Å². The highest BCUT2D eigenvalue weighted by Crippen LogP contribution is 2.39. The molecular weight excluding hydrogens is 492 g/mol. The van der Waals surface area contributed by atoms with Gasteiger partial charge in [0.1, 0.15) is 0 Å². The van der Waals surface area contributed by atoms with Gasteiger partial charge in [-0.05, 0) is 81.6 Å². The number of hydrogen-bond acceptors (Lipinski definition) is 6. The number of rotatable bonds is 10. The number of para-hydroxylation sites is 1. The molecule has 0 bridgehead atoms. The normalized spacial score (nSPS) is 13.0. The fraction of sp³-hybridized carbons (Fsp3) is 0.321. The Morgan fingerprint density at radius 1 is 0.892 bits per heavy atom. The summed E-state index contributed by atoms with van der Waals surface area (Å²) in [6, 6.07) is 17.0. The molecule has 0 saturated carbocycles. The maximum absolute atomic E-state index is 13.4. The van der Waals surface area contributed by atoms with Crippen molar-refractivity contribution in [3.63, 3.8) is 0 Å². The second kappa shape index (κ2) is 11.6. The lowest BCUT2D eigenvalue weighted by molar-refractivity contribution is 0.102. The number of amides is 1. The SMILES string of the molecule is CCOc1cc(C(=O)Nc2ccc(S(=O)(=O)N3CCCc4ccccc43)cc2)cc(OCC)c1OCC. The number of anilines is 2. The maximum Gasteiger partial charge on any atom is 0.264 e. The number of carbonyl (C=O) groups excluding carboxylic acids is 1. The van der Waals surface area contributed by atoms with E-state index in [4.69, 9.17) is 14.2 Å². The van der Waals surface area contributed by atoms with Crippen LogP contribution in [0, 0.1) is 0 Å². The van der Waals surface area contributed by atoms with Crippen molar-refractivity contribution in [3.05, 3.63) is 71.8 Å². The molecule has 0 aromatic heterocycles. The minimum Gasteiger partial charge on any atom is -0.490 e. The highest BCUT2D eigenvalue weighted by atomic mass is 32.2. The van der Waals surface area contributed by atoms with Gasteiger partial charge in [0.05, 0.1) is 30.4 Å². The predicted octanol–water partition coefficient (Wildman–Crippen LogP) is 5.28. The van der Waals surface area contributed by atoms with Gasteiger partial charge in [-0.15, -0.1) is 0 Å². The number of hydrogen-bond donors (Lipinski definition) is 1. The van der Waals surface area contributed by atoms with Gasteiger partial charge in [0.15, 0.2) is 11.5 Å². The third kappa shape index (κ3) is 5.67. The van der Waals surface area contributed by atoms with Gasteiger partial charge in [-0.2, -0.15) is 0 Å². The van der Waals surface area contributed by atoms with Crippen LogP contribution in [-0.2, 0) is 16.4 Å². The van der Waals surface area contributed by atoms with E-state index in [1.54, 1.807) is 24.3 Å².